The molecule has 3 aromatic rings. The SMILES string of the molecule is COCCOCCCCCCOc1c(OC)ccc2c(Nc3c(C)cc(O)cc3F)cc(=O)[nH]c12. The van der Waals surface area contributed by atoms with Gasteiger partial charge in [0.05, 0.1) is 43.8 Å². The monoisotopic (exact) mass is 488 g/mol. The van der Waals surface area contributed by atoms with Crippen LogP contribution in [0.3, 0.4) is 0 Å². The lowest BCUT2D eigenvalue weighted by Crippen LogP contribution is -2.10. The maximum Gasteiger partial charge on any atom is 0.250 e. The smallest absolute Gasteiger partial charge is 0.250 e. The number of aromatic hydroxyl groups is 1. The van der Waals surface area contributed by atoms with Gasteiger partial charge in [0.2, 0.25) is 0 Å². The summed E-state index contributed by atoms with van der Waals surface area (Å²) < 4.78 is 36.4. The molecule has 0 bridgehead atoms. The lowest BCUT2D eigenvalue weighted by atomic mass is 10.1. The zero-order valence-electron chi connectivity index (χ0n) is 20.4. The Labute approximate surface area is 204 Å². The number of unbranched alkanes of at least 4 members (excludes halogenated alkanes) is 3. The first-order chi connectivity index (χ1) is 16.9. The lowest BCUT2D eigenvalue weighted by Gasteiger charge is -2.17. The summed E-state index contributed by atoms with van der Waals surface area (Å²) in [4.78, 5) is 15.3. The van der Waals surface area contributed by atoms with Crippen molar-refractivity contribution in [1.82, 2.24) is 4.98 Å². The van der Waals surface area contributed by atoms with E-state index >= 15 is 0 Å². The van der Waals surface area contributed by atoms with Crippen LogP contribution in [0.15, 0.2) is 35.1 Å². The molecular formula is C26H33FN2O6. The average Bonchev–Trinajstić information content (AvgIpc) is 2.82. The minimum Gasteiger partial charge on any atom is -0.508 e. The molecule has 8 nitrogen and oxygen atoms in total. The van der Waals surface area contributed by atoms with Crippen molar-refractivity contribution < 1.29 is 28.4 Å². The molecule has 0 spiro atoms. The Morgan fingerprint density at radius 2 is 1.77 bits per heavy atom. The topological polar surface area (TPSA) is 102 Å². The van der Waals surface area contributed by atoms with E-state index in [1.54, 1.807) is 26.2 Å². The van der Waals surface area contributed by atoms with Gasteiger partial charge in [0.25, 0.3) is 5.56 Å². The number of rotatable bonds is 14. The van der Waals surface area contributed by atoms with E-state index in [4.69, 9.17) is 18.9 Å². The van der Waals surface area contributed by atoms with Crippen LogP contribution >= 0.6 is 0 Å². The normalized spacial score (nSPS) is 11.1. The molecule has 35 heavy (non-hydrogen) atoms. The summed E-state index contributed by atoms with van der Waals surface area (Å²) in [5, 5.41) is 13.3. The molecule has 0 saturated heterocycles. The van der Waals surface area contributed by atoms with Gasteiger partial charge in [-0.25, -0.2) is 4.39 Å². The molecule has 0 aliphatic heterocycles. The summed E-state index contributed by atoms with van der Waals surface area (Å²) in [6, 6.07) is 7.35. The van der Waals surface area contributed by atoms with Gasteiger partial charge in [-0.05, 0) is 49.9 Å². The van der Waals surface area contributed by atoms with Crippen LogP contribution in [0.4, 0.5) is 15.8 Å². The van der Waals surface area contributed by atoms with E-state index in [0.717, 1.165) is 31.7 Å². The van der Waals surface area contributed by atoms with Crippen LogP contribution in [0.1, 0.15) is 31.2 Å². The number of phenolic OH excluding ortho intramolecular Hbond substituents is 1. The molecule has 1 heterocycles. The summed E-state index contributed by atoms with van der Waals surface area (Å²) in [5.41, 5.74) is 1.19. The fraction of sp³-hybridized carbons (Fsp3) is 0.423. The van der Waals surface area contributed by atoms with E-state index < -0.39 is 5.82 Å². The average molecular weight is 489 g/mol. The van der Waals surface area contributed by atoms with Crippen molar-refractivity contribution in [2.24, 2.45) is 0 Å². The Hall–Kier alpha value is -3.30. The van der Waals surface area contributed by atoms with Gasteiger partial charge in [0.1, 0.15) is 5.75 Å². The van der Waals surface area contributed by atoms with E-state index in [9.17, 15) is 14.3 Å². The van der Waals surface area contributed by atoms with Crippen molar-refractivity contribution in [2.45, 2.75) is 32.6 Å². The van der Waals surface area contributed by atoms with Crippen molar-refractivity contribution in [3.8, 4) is 17.2 Å². The minimum absolute atomic E-state index is 0.166. The van der Waals surface area contributed by atoms with Crippen LogP contribution in [0, 0.1) is 12.7 Å². The van der Waals surface area contributed by atoms with Crippen LogP contribution < -0.4 is 20.3 Å². The molecule has 9 heteroatoms. The first-order valence-corrected chi connectivity index (χ1v) is 11.6. The fourth-order valence-electron chi connectivity index (χ4n) is 3.78. The van der Waals surface area contributed by atoms with Gasteiger partial charge < -0.3 is 34.4 Å². The molecule has 3 N–H and O–H groups in total. The third-order valence-electron chi connectivity index (χ3n) is 5.55. The summed E-state index contributed by atoms with van der Waals surface area (Å²) in [6.45, 7) is 4.03. The third-order valence-corrected chi connectivity index (χ3v) is 5.55. The van der Waals surface area contributed by atoms with Crippen molar-refractivity contribution in [2.75, 3.05) is 46.0 Å². The number of hydrogen-bond donors (Lipinski definition) is 3. The second kappa shape index (κ2) is 13.0. The second-order valence-electron chi connectivity index (χ2n) is 8.18. The number of nitrogens with one attached hydrogen (secondary N) is 2. The third kappa shape index (κ3) is 7.10. The molecule has 0 fully saturated rings. The predicted octanol–water partition coefficient (Wildman–Crippen LogP) is 5.04. The van der Waals surface area contributed by atoms with Crippen molar-refractivity contribution in [3.63, 3.8) is 0 Å². The molecule has 3 rings (SSSR count). The Morgan fingerprint density at radius 3 is 2.49 bits per heavy atom. The molecular weight excluding hydrogens is 455 g/mol. The Kier molecular flexibility index (Phi) is 9.75. The summed E-state index contributed by atoms with van der Waals surface area (Å²) in [6.07, 6.45) is 3.80. The maximum atomic E-state index is 14.5. The molecule has 0 amide bonds. The van der Waals surface area contributed by atoms with Crippen molar-refractivity contribution >= 4 is 22.3 Å². The fourth-order valence-corrected chi connectivity index (χ4v) is 3.78. The molecule has 0 aliphatic carbocycles. The summed E-state index contributed by atoms with van der Waals surface area (Å²) in [7, 11) is 3.19. The number of hydrogen-bond acceptors (Lipinski definition) is 7. The molecule has 190 valence electrons. The maximum absolute atomic E-state index is 14.5. The zero-order chi connectivity index (χ0) is 25.2. The van der Waals surface area contributed by atoms with Gasteiger partial charge in [-0.15, -0.1) is 0 Å². The Balaban J connectivity index is 1.73. The van der Waals surface area contributed by atoms with Crippen LogP contribution in [0.2, 0.25) is 0 Å². The minimum atomic E-state index is -0.620. The number of fused-ring (bicyclic) bond motifs is 1. The standard InChI is InChI=1S/C26H33FN2O6/c1-17-14-18(30)15-20(27)24(17)28-21-16-23(31)29-25-19(21)8-9-22(33-3)26(25)35-11-7-5-4-6-10-34-13-12-32-2/h8-9,14-16,30H,4-7,10-13H2,1-3H3,(H2,28,29,31). The summed E-state index contributed by atoms with van der Waals surface area (Å²) >= 11 is 0. The van der Waals surface area contributed by atoms with Gasteiger partial charge in [-0.3, -0.25) is 4.79 Å². The van der Waals surface area contributed by atoms with Gasteiger partial charge >= 0.3 is 0 Å². The second-order valence-corrected chi connectivity index (χ2v) is 8.18. The zero-order valence-corrected chi connectivity index (χ0v) is 20.4. The number of pyridine rings is 1. The van der Waals surface area contributed by atoms with Gasteiger partial charge in [0, 0.05) is 31.2 Å². The van der Waals surface area contributed by atoms with Gasteiger partial charge in [0.15, 0.2) is 17.3 Å². The number of benzene rings is 2. The van der Waals surface area contributed by atoms with Crippen LogP contribution in [-0.4, -0.2) is 50.7 Å². The molecule has 0 saturated carbocycles. The van der Waals surface area contributed by atoms with E-state index in [1.165, 1.54) is 19.2 Å². The molecule has 2 aromatic carbocycles. The molecule has 0 radical (unpaired) electrons. The number of halogens is 1. The number of methoxy groups -OCH3 is 2. The van der Waals surface area contributed by atoms with Crippen molar-refractivity contribution in [3.05, 3.63) is 52.1 Å². The number of aromatic amines is 1. The highest BCUT2D eigenvalue weighted by atomic mass is 19.1. The molecule has 0 unspecified atom stereocenters. The van der Waals surface area contributed by atoms with Gasteiger partial charge in [-0.2, -0.15) is 0 Å². The number of aryl methyl sites for hydroxylation is 1. The first-order valence-electron chi connectivity index (χ1n) is 11.6. The summed E-state index contributed by atoms with van der Waals surface area (Å²) in [5.74, 6) is 0.130. The number of aromatic nitrogens is 1. The highest BCUT2D eigenvalue weighted by molar-refractivity contribution is 5.97. The van der Waals surface area contributed by atoms with Gasteiger partial charge in [-0.1, -0.05) is 6.42 Å². The largest absolute Gasteiger partial charge is 0.508 e. The Bertz CT molecular complexity index is 1160. The van der Waals surface area contributed by atoms with E-state index in [0.29, 0.717) is 60.1 Å². The first kappa shape index (κ1) is 26.3. The van der Waals surface area contributed by atoms with E-state index in [2.05, 4.69) is 10.3 Å². The van der Waals surface area contributed by atoms with Crippen molar-refractivity contribution in [1.29, 1.82) is 0 Å². The van der Waals surface area contributed by atoms with E-state index in [1.807, 2.05) is 0 Å². The lowest BCUT2D eigenvalue weighted by molar-refractivity contribution is 0.0685. The Morgan fingerprint density at radius 1 is 1.00 bits per heavy atom. The number of ether oxygens (including phenoxy) is 4. The number of phenols is 1. The quantitative estimate of drug-likeness (QED) is 0.216. The molecule has 0 atom stereocenters. The van der Waals surface area contributed by atoms with Crippen LogP contribution in [-0.2, 0) is 9.47 Å². The molecule has 0 aliphatic rings. The molecule has 1 aromatic heterocycles. The van der Waals surface area contributed by atoms with Crippen LogP contribution in [0.25, 0.3) is 10.9 Å². The number of anilines is 2. The predicted molar refractivity (Wildman–Crippen MR) is 134 cm³/mol. The highest BCUT2D eigenvalue weighted by Gasteiger charge is 2.16. The van der Waals surface area contributed by atoms with E-state index in [-0.39, 0.29) is 17.0 Å². The number of H-pyrrole nitrogens is 1. The van der Waals surface area contributed by atoms with Crippen LogP contribution in [0.5, 0.6) is 17.2 Å². The highest BCUT2D eigenvalue weighted by Crippen LogP contribution is 2.38.